The van der Waals surface area contributed by atoms with Crippen LogP contribution in [0.15, 0.2) is 42.5 Å². The summed E-state index contributed by atoms with van der Waals surface area (Å²) in [6.45, 7) is 5.04. The minimum absolute atomic E-state index is 0.0547. The van der Waals surface area contributed by atoms with Crippen molar-refractivity contribution in [3.63, 3.8) is 0 Å². The number of methoxy groups -OCH3 is 1. The van der Waals surface area contributed by atoms with Crippen molar-refractivity contribution in [2.45, 2.75) is 32.7 Å². The molecule has 2 amide bonds. The Morgan fingerprint density at radius 1 is 1.04 bits per heavy atom. The number of urea groups is 1. The summed E-state index contributed by atoms with van der Waals surface area (Å²) in [5, 5.41) is 6.04. The molecule has 0 aliphatic carbocycles. The van der Waals surface area contributed by atoms with Gasteiger partial charge < -0.3 is 24.8 Å². The van der Waals surface area contributed by atoms with Crippen LogP contribution in [-0.2, 0) is 12.8 Å². The monoisotopic (exact) mass is 384 g/mol. The zero-order chi connectivity index (χ0) is 19.9. The normalized spacial score (nSPS) is 13.3. The smallest absolute Gasteiger partial charge is 0.315 e. The Morgan fingerprint density at radius 3 is 2.43 bits per heavy atom. The molecule has 0 saturated heterocycles. The molecule has 0 radical (unpaired) electrons. The molecule has 0 fully saturated rings. The van der Waals surface area contributed by atoms with Gasteiger partial charge in [-0.2, -0.15) is 0 Å². The molecule has 1 atom stereocenters. The number of hydrogen-bond donors (Lipinski definition) is 2. The fraction of sp³-hybridized carbons (Fsp3) is 0.409. The topological polar surface area (TPSA) is 68.8 Å². The molecule has 3 rings (SSSR count). The summed E-state index contributed by atoms with van der Waals surface area (Å²) in [4.78, 5) is 12.3. The lowest BCUT2D eigenvalue weighted by Crippen LogP contribution is -2.45. The first-order chi connectivity index (χ1) is 13.5. The van der Waals surface area contributed by atoms with E-state index in [2.05, 4.69) is 24.5 Å². The van der Waals surface area contributed by atoms with E-state index in [0.29, 0.717) is 25.3 Å². The van der Waals surface area contributed by atoms with E-state index in [-0.39, 0.29) is 18.9 Å². The third kappa shape index (κ3) is 5.55. The van der Waals surface area contributed by atoms with Crippen LogP contribution in [0.25, 0.3) is 0 Å². The van der Waals surface area contributed by atoms with Gasteiger partial charge >= 0.3 is 6.03 Å². The quantitative estimate of drug-likeness (QED) is 0.731. The first-order valence-corrected chi connectivity index (χ1v) is 9.59. The van der Waals surface area contributed by atoms with E-state index in [1.165, 1.54) is 0 Å². The van der Waals surface area contributed by atoms with Crippen LogP contribution in [0.3, 0.4) is 0 Å². The first-order valence-electron chi connectivity index (χ1n) is 9.59. The zero-order valence-electron chi connectivity index (χ0n) is 16.7. The Hall–Kier alpha value is -2.89. The number of amides is 2. The standard InChI is InChI=1S/C22H28N2O4/c1-15(2)13-23-22(25)24-18(10-16-4-7-19(26-3)8-5-16)11-17-6-9-20-21(12-17)28-14-27-20/h4-9,12,15,18H,10-11,13-14H2,1-3H3,(H2,23,24,25). The summed E-state index contributed by atoms with van der Waals surface area (Å²) in [7, 11) is 1.65. The van der Waals surface area contributed by atoms with Gasteiger partial charge in [0, 0.05) is 12.6 Å². The molecule has 0 spiro atoms. The second-order valence-electron chi connectivity index (χ2n) is 7.39. The molecule has 1 aliphatic rings. The van der Waals surface area contributed by atoms with E-state index in [1.807, 2.05) is 42.5 Å². The highest BCUT2D eigenvalue weighted by Crippen LogP contribution is 2.32. The van der Waals surface area contributed by atoms with Crippen molar-refractivity contribution < 1.29 is 19.0 Å². The SMILES string of the molecule is COc1ccc(CC(Cc2ccc3c(c2)OCO3)NC(=O)NCC(C)C)cc1. The maximum absolute atomic E-state index is 12.3. The first kappa shape index (κ1) is 19.9. The molecule has 0 bridgehead atoms. The van der Waals surface area contributed by atoms with Gasteiger partial charge in [-0.15, -0.1) is 0 Å². The molecule has 2 aromatic carbocycles. The summed E-state index contributed by atoms with van der Waals surface area (Å²) >= 11 is 0. The van der Waals surface area contributed by atoms with Crippen LogP contribution in [0.2, 0.25) is 0 Å². The lowest BCUT2D eigenvalue weighted by molar-refractivity contribution is 0.174. The molecule has 1 heterocycles. The van der Waals surface area contributed by atoms with Crippen LogP contribution >= 0.6 is 0 Å². The zero-order valence-corrected chi connectivity index (χ0v) is 16.7. The van der Waals surface area contributed by atoms with Crippen LogP contribution < -0.4 is 24.8 Å². The molecular formula is C22H28N2O4. The van der Waals surface area contributed by atoms with Crippen LogP contribution in [0.4, 0.5) is 4.79 Å². The third-order valence-electron chi connectivity index (χ3n) is 4.57. The van der Waals surface area contributed by atoms with Crippen molar-refractivity contribution in [3.8, 4) is 17.2 Å². The second kappa shape index (κ2) is 9.35. The summed E-state index contributed by atoms with van der Waals surface area (Å²) in [6, 6.07) is 13.6. The van der Waals surface area contributed by atoms with Crippen molar-refractivity contribution in [2.24, 2.45) is 5.92 Å². The number of ether oxygens (including phenoxy) is 3. The Morgan fingerprint density at radius 2 is 1.71 bits per heavy atom. The summed E-state index contributed by atoms with van der Waals surface area (Å²) in [6.07, 6.45) is 1.41. The molecule has 1 unspecified atom stereocenters. The predicted octanol–water partition coefficient (Wildman–Crippen LogP) is 3.53. The van der Waals surface area contributed by atoms with Crippen LogP contribution in [0.5, 0.6) is 17.2 Å². The van der Waals surface area contributed by atoms with Crippen LogP contribution in [-0.4, -0.2) is 32.5 Å². The average molecular weight is 384 g/mol. The largest absolute Gasteiger partial charge is 0.497 e. The van der Waals surface area contributed by atoms with Gasteiger partial charge in [0.15, 0.2) is 11.5 Å². The molecule has 6 nitrogen and oxygen atoms in total. The van der Waals surface area contributed by atoms with Crippen molar-refractivity contribution in [1.82, 2.24) is 10.6 Å². The fourth-order valence-corrected chi connectivity index (χ4v) is 3.11. The molecule has 1 aliphatic heterocycles. The number of carbonyl (C=O) groups excluding carboxylic acids is 1. The molecule has 2 aromatic rings. The molecule has 0 aromatic heterocycles. The second-order valence-corrected chi connectivity index (χ2v) is 7.39. The number of rotatable bonds is 8. The number of hydrogen-bond acceptors (Lipinski definition) is 4. The molecule has 6 heteroatoms. The van der Waals surface area contributed by atoms with E-state index in [1.54, 1.807) is 7.11 Å². The van der Waals surface area contributed by atoms with Gasteiger partial charge in [0.05, 0.1) is 7.11 Å². The lowest BCUT2D eigenvalue weighted by Gasteiger charge is -2.20. The molecule has 0 saturated carbocycles. The lowest BCUT2D eigenvalue weighted by atomic mass is 9.98. The Kier molecular flexibility index (Phi) is 6.63. The van der Waals surface area contributed by atoms with Gasteiger partial charge in [0.1, 0.15) is 5.75 Å². The van der Waals surface area contributed by atoms with E-state index in [4.69, 9.17) is 14.2 Å². The molecule has 28 heavy (non-hydrogen) atoms. The average Bonchev–Trinajstić information content (AvgIpc) is 3.15. The van der Waals surface area contributed by atoms with Gasteiger partial charge in [0.2, 0.25) is 6.79 Å². The van der Waals surface area contributed by atoms with Gasteiger partial charge in [-0.1, -0.05) is 32.0 Å². The molecule has 2 N–H and O–H groups in total. The molecular weight excluding hydrogens is 356 g/mol. The highest BCUT2D eigenvalue weighted by atomic mass is 16.7. The maximum atomic E-state index is 12.3. The van der Waals surface area contributed by atoms with Crippen LogP contribution in [0.1, 0.15) is 25.0 Å². The minimum atomic E-state index is -0.145. The maximum Gasteiger partial charge on any atom is 0.315 e. The summed E-state index contributed by atoms with van der Waals surface area (Å²) in [5.41, 5.74) is 2.22. The number of nitrogens with one attached hydrogen (secondary N) is 2. The predicted molar refractivity (Wildman–Crippen MR) is 108 cm³/mol. The van der Waals surface area contributed by atoms with Crippen molar-refractivity contribution in [1.29, 1.82) is 0 Å². The van der Waals surface area contributed by atoms with Crippen molar-refractivity contribution >= 4 is 6.03 Å². The van der Waals surface area contributed by atoms with Gasteiger partial charge in [-0.25, -0.2) is 4.79 Å². The highest BCUT2D eigenvalue weighted by Gasteiger charge is 2.18. The fourth-order valence-electron chi connectivity index (χ4n) is 3.11. The molecule has 150 valence electrons. The van der Waals surface area contributed by atoms with E-state index in [0.717, 1.165) is 28.4 Å². The van der Waals surface area contributed by atoms with Crippen LogP contribution in [0, 0.1) is 5.92 Å². The van der Waals surface area contributed by atoms with E-state index < -0.39 is 0 Å². The van der Waals surface area contributed by atoms with Gasteiger partial charge in [-0.05, 0) is 54.2 Å². The Balaban J connectivity index is 1.70. The summed E-state index contributed by atoms with van der Waals surface area (Å²) < 4.78 is 16.1. The minimum Gasteiger partial charge on any atom is -0.497 e. The highest BCUT2D eigenvalue weighted by molar-refractivity contribution is 5.74. The van der Waals surface area contributed by atoms with Gasteiger partial charge in [-0.3, -0.25) is 0 Å². The Bertz CT molecular complexity index is 790. The van der Waals surface area contributed by atoms with Gasteiger partial charge in [0.25, 0.3) is 0 Å². The number of carbonyl (C=O) groups is 1. The van der Waals surface area contributed by atoms with Crippen molar-refractivity contribution in [3.05, 3.63) is 53.6 Å². The number of benzene rings is 2. The van der Waals surface area contributed by atoms with Crippen molar-refractivity contribution in [2.75, 3.05) is 20.4 Å². The number of fused-ring (bicyclic) bond motifs is 1. The van der Waals surface area contributed by atoms with E-state index in [9.17, 15) is 4.79 Å². The summed E-state index contributed by atoms with van der Waals surface area (Å²) in [5.74, 6) is 2.74. The third-order valence-corrected chi connectivity index (χ3v) is 4.57. The Labute approximate surface area is 166 Å². The van der Waals surface area contributed by atoms with E-state index >= 15 is 0 Å².